The second-order valence-electron chi connectivity index (χ2n) is 6.81. The molecule has 1 aliphatic rings. The number of aliphatic imine (C=N–C) groups is 1. The van der Waals surface area contributed by atoms with E-state index in [4.69, 9.17) is 10.5 Å². The number of hydrogen-bond donors (Lipinski definition) is 2. The molecule has 3 N–H and O–H groups in total. The maximum absolute atomic E-state index is 13.1. The molecular weight excluding hydrogens is 352 g/mol. The third-order valence-electron chi connectivity index (χ3n) is 4.87. The predicted molar refractivity (Wildman–Crippen MR) is 113 cm³/mol. The van der Waals surface area contributed by atoms with Crippen molar-refractivity contribution in [3.63, 3.8) is 0 Å². The number of carbonyl (C=O) groups excluding carboxylic acids is 1. The average molecular weight is 380 g/mol. The molecule has 1 amide bonds. The van der Waals surface area contributed by atoms with E-state index in [1.807, 2.05) is 47.4 Å². The van der Waals surface area contributed by atoms with Gasteiger partial charge >= 0.3 is 0 Å². The summed E-state index contributed by atoms with van der Waals surface area (Å²) in [5.41, 5.74) is 9.17. The third-order valence-corrected chi connectivity index (χ3v) is 4.87. The summed E-state index contributed by atoms with van der Waals surface area (Å²) in [5, 5.41) is 3.12. The van der Waals surface area contributed by atoms with Crippen molar-refractivity contribution in [1.29, 1.82) is 0 Å². The summed E-state index contributed by atoms with van der Waals surface area (Å²) >= 11 is 0. The van der Waals surface area contributed by atoms with Crippen LogP contribution in [0.15, 0.2) is 59.6 Å². The fraction of sp³-hybridized carbons (Fsp3) is 0.364. The van der Waals surface area contributed by atoms with E-state index in [2.05, 4.69) is 29.4 Å². The molecule has 0 bridgehead atoms. The normalized spacial score (nSPS) is 15.9. The number of nitrogens with one attached hydrogen (secondary N) is 1. The molecule has 0 radical (unpaired) electrons. The maximum atomic E-state index is 13.1. The molecule has 1 fully saturated rings. The Hall–Kier alpha value is -2.86. The number of aryl methyl sites for hydroxylation is 1. The highest BCUT2D eigenvalue weighted by molar-refractivity contribution is 5.93. The van der Waals surface area contributed by atoms with Gasteiger partial charge in [0.15, 0.2) is 5.96 Å². The Labute approximate surface area is 166 Å². The van der Waals surface area contributed by atoms with Gasteiger partial charge in [0.1, 0.15) is 0 Å². The van der Waals surface area contributed by atoms with Crippen LogP contribution < -0.4 is 11.1 Å². The lowest BCUT2D eigenvalue weighted by atomic mass is 9.97. The molecule has 1 atom stereocenters. The topological polar surface area (TPSA) is 79.9 Å². The van der Waals surface area contributed by atoms with Crippen molar-refractivity contribution >= 4 is 17.6 Å². The summed E-state index contributed by atoms with van der Waals surface area (Å²) in [6.07, 6.45) is 0.955. The van der Waals surface area contributed by atoms with Gasteiger partial charge in [-0.15, -0.1) is 0 Å². The Morgan fingerprint density at radius 2 is 1.93 bits per heavy atom. The quantitative estimate of drug-likeness (QED) is 0.596. The van der Waals surface area contributed by atoms with Crippen LogP contribution in [0.25, 0.3) is 0 Å². The van der Waals surface area contributed by atoms with E-state index in [9.17, 15) is 4.79 Å². The number of nitrogens with two attached hydrogens (primary N) is 1. The molecule has 1 unspecified atom stereocenters. The molecule has 6 nitrogen and oxygen atoms in total. The minimum atomic E-state index is -0.360. The fourth-order valence-corrected chi connectivity index (χ4v) is 3.26. The van der Waals surface area contributed by atoms with Crippen LogP contribution in [-0.2, 0) is 16.0 Å². The van der Waals surface area contributed by atoms with Gasteiger partial charge in [-0.3, -0.25) is 9.79 Å². The Morgan fingerprint density at radius 3 is 2.64 bits per heavy atom. The van der Waals surface area contributed by atoms with Crippen molar-refractivity contribution < 1.29 is 9.53 Å². The second kappa shape index (κ2) is 9.90. The minimum absolute atomic E-state index is 0.0685. The van der Waals surface area contributed by atoms with E-state index in [0.29, 0.717) is 38.8 Å². The highest BCUT2D eigenvalue weighted by atomic mass is 16.5. The van der Waals surface area contributed by atoms with E-state index in [-0.39, 0.29) is 11.8 Å². The van der Waals surface area contributed by atoms with Gasteiger partial charge in [0.05, 0.1) is 25.7 Å². The highest BCUT2D eigenvalue weighted by Crippen LogP contribution is 2.20. The van der Waals surface area contributed by atoms with Crippen LogP contribution in [0, 0.1) is 0 Å². The second-order valence-corrected chi connectivity index (χ2v) is 6.81. The van der Waals surface area contributed by atoms with Gasteiger partial charge in [0.25, 0.3) is 0 Å². The van der Waals surface area contributed by atoms with E-state index >= 15 is 0 Å². The lowest BCUT2D eigenvalue weighted by molar-refractivity contribution is -0.136. The van der Waals surface area contributed by atoms with Gasteiger partial charge < -0.3 is 20.7 Å². The molecule has 6 heteroatoms. The van der Waals surface area contributed by atoms with Crippen molar-refractivity contribution in [3.8, 4) is 0 Å². The molecule has 148 valence electrons. The monoisotopic (exact) mass is 380 g/mol. The van der Waals surface area contributed by atoms with Crippen molar-refractivity contribution in [2.24, 2.45) is 10.7 Å². The number of rotatable bonds is 6. The summed E-state index contributed by atoms with van der Waals surface area (Å²) < 4.78 is 5.37. The molecule has 28 heavy (non-hydrogen) atoms. The van der Waals surface area contributed by atoms with Crippen LogP contribution in [-0.4, -0.2) is 49.6 Å². The van der Waals surface area contributed by atoms with Gasteiger partial charge in [-0.2, -0.15) is 0 Å². The number of anilines is 1. The number of hydrogen-bond acceptors (Lipinski definition) is 3. The molecule has 0 spiro atoms. The maximum Gasteiger partial charge on any atom is 0.232 e. The van der Waals surface area contributed by atoms with Gasteiger partial charge in [-0.05, 0) is 29.7 Å². The highest BCUT2D eigenvalue weighted by Gasteiger charge is 2.27. The number of benzene rings is 2. The first-order valence-corrected chi connectivity index (χ1v) is 9.74. The number of amides is 1. The largest absolute Gasteiger partial charge is 0.378 e. The molecule has 1 aliphatic heterocycles. The van der Waals surface area contributed by atoms with Gasteiger partial charge in [0, 0.05) is 18.8 Å². The van der Waals surface area contributed by atoms with Gasteiger partial charge in [0.2, 0.25) is 5.91 Å². The molecule has 1 saturated heterocycles. The van der Waals surface area contributed by atoms with E-state index in [0.717, 1.165) is 17.7 Å². The summed E-state index contributed by atoms with van der Waals surface area (Å²) in [6.45, 7) is 4.79. The van der Waals surface area contributed by atoms with Crippen LogP contribution in [0.1, 0.15) is 24.0 Å². The predicted octanol–water partition coefficient (Wildman–Crippen LogP) is 2.62. The van der Waals surface area contributed by atoms with Crippen molar-refractivity contribution in [3.05, 3.63) is 65.7 Å². The van der Waals surface area contributed by atoms with E-state index in [1.54, 1.807) is 0 Å². The Bertz CT molecular complexity index is 801. The van der Waals surface area contributed by atoms with E-state index in [1.165, 1.54) is 5.56 Å². The number of carbonyl (C=O) groups is 1. The summed E-state index contributed by atoms with van der Waals surface area (Å²) in [7, 11) is 0. The minimum Gasteiger partial charge on any atom is -0.378 e. The van der Waals surface area contributed by atoms with Crippen molar-refractivity contribution in [2.45, 2.75) is 19.3 Å². The summed E-state index contributed by atoms with van der Waals surface area (Å²) in [4.78, 5) is 19.4. The van der Waals surface area contributed by atoms with Crippen molar-refractivity contribution in [2.75, 3.05) is 38.2 Å². The van der Waals surface area contributed by atoms with Crippen LogP contribution in [0.3, 0.4) is 0 Å². The molecule has 2 aromatic carbocycles. The average Bonchev–Trinajstić information content (AvgIpc) is 2.75. The zero-order chi connectivity index (χ0) is 19.8. The Morgan fingerprint density at radius 1 is 1.18 bits per heavy atom. The number of guanidine groups is 1. The smallest absolute Gasteiger partial charge is 0.232 e. The Balaban J connectivity index is 1.73. The molecular formula is C22H28N4O2. The molecule has 2 aromatic rings. The van der Waals surface area contributed by atoms with Crippen molar-refractivity contribution in [1.82, 2.24) is 4.90 Å². The van der Waals surface area contributed by atoms with Gasteiger partial charge in [-0.25, -0.2) is 0 Å². The molecule has 0 aliphatic carbocycles. The first-order chi connectivity index (χ1) is 13.7. The lowest BCUT2D eigenvalue weighted by Crippen LogP contribution is -2.43. The molecule has 0 aromatic heterocycles. The molecule has 3 rings (SSSR count). The van der Waals surface area contributed by atoms with Crippen LogP contribution in [0.5, 0.6) is 0 Å². The number of nitrogens with zero attached hydrogens (tertiary/aromatic N) is 2. The lowest BCUT2D eigenvalue weighted by Gasteiger charge is -2.30. The number of morpholine rings is 1. The van der Waals surface area contributed by atoms with Crippen LogP contribution in [0.4, 0.5) is 5.69 Å². The zero-order valence-corrected chi connectivity index (χ0v) is 16.3. The zero-order valence-electron chi connectivity index (χ0n) is 16.3. The molecule has 1 heterocycles. The Kier molecular flexibility index (Phi) is 7.03. The molecule has 0 saturated carbocycles. The van der Waals surface area contributed by atoms with Crippen LogP contribution in [0.2, 0.25) is 0 Å². The SMILES string of the molecule is CCc1cccc(NC(N)=NCC(C(=O)N2CCOCC2)c2ccccc2)c1. The first kappa shape index (κ1) is 19.9. The van der Waals surface area contributed by atoms with Gasteiger partial charge in [-0.1, -0.05) is 49.4 Å². The van der Waals surface area contributed by atoms with E-state index < -0.39 is 0 Å². The fourth-order valence-electron chi connectivity index (χ4n) is 3.26. The third kappa shape index (κ3) is 5.33. The van der Waals surface area contributed by atoms with Crippen LogP contribution >= 0.6 is 0 Å². The number of ether oxygens (including phenoxy) is 1. The first-order valence-electron chi connectivity index (χ1n) is 9.74. The summed E-state index contributed by atoms with van der Waals surface area (Å²) in [6, 6.07) is 17.8. The summed E-state index contributed by atoms with van der Waals surface area (Å²) in [5.74, 6) is 0.0182. The standard InChI is InChI=1S/C22H28N4O2/c1-2-17-7-6-10-19(15-17)25-22(23)24-16-20(18-8-4-3-5-9-18)21(27)26-11-13-28-14-12-26/h3-10,15,20H,2,11-14,16H2,1H3,(H3,23,24,25).